The number of carbonyl (C=O) groups is 3. The quantitative estimate of drug-likeness (QED) is 0.342. The topological polar surface area (TPSA) is 119 Å². The number of aliphatic hydroxyl groups is 2. The fraction of sp³-hybridized carbons (Fsp3) is 0.321. The van der Waals surface area contributed by atoms with Crippen LogP contribution in [0, 0.1) is 0 Å². The molecule has 3 N–H and O–H groups in total. The molecule has 1 saturated heterocycles. The standard InChI is InChI=1S/C28H31N3O6S/c32-24-18-31(28(36)26(34)25(33)27(35)29-13-12-23-7-4-16-38-23)15-14-30(24)17-20-8-10-22(11-9-20)37-19-21-5-2-1-3-6-21/h1-11,16,25-26,33-34H,12-15,17-19H2,(H,29,35)/t25-,26-/m1/s1. The minimum atomic E-state index is -1.94. The average molecular weight is 538 g/mol. The van der Waals surface area contributed by atoms with E-state index in [0.29, 0.717) is 19.6 Å². The van der Waals surface area contributed by atoms with Gasteiger partial charge in [-0.3, -0.25) is 14.4 Å². The zero-order valence-electron chi connectivity index (χ0n) is 20.9. The van der Waals surface area contributed by atoms with E-state index in [2.05, 4.69) is 5.32 Å². The summed E-state index contributed by atoms with van der Waals surface area (Å²) in [5.41, 5.74) is 1.99. The summed E-state index contributed by atoms with van der Waals surface area (Å²) in [5.74, 6) is -1.24. The third-order valence-electron chi connectivity index (χ3n) is 6.25. The first-order chi connectivity index (χ1) is 18.4. The highest BCUT2D eigenvalue weighted by Gasteiger charge is 2.36. The first-order valence-electron chi connectivity index (χ1n) is 12.4. The van der Waals surface area contributed by atoms with Gasteiger partial charge in [-0.1, -0.05) is 48.5 Å². The highest BCUT2D eigenvalue weighted by Crippen LogP contribution is 2.17. The van der Waals surface area contributed by atoms with E-state index >= 15 is 0 Å². The lowest BCUT2D eigenvalue weighted by Crippen LogP contribution is -2.57. The van der Waals surface area contributed by atoms with Crippen molar-refractivity contribution in [2.24, 2.45) is 0 Å². The van der Waals surface area contributed by atoms with Gasteiger partial charge in [0.2, 0.25) is 5.91 Å². The zero-order valence-corrected chi connectivity index (χ0v) is 21.7. The molecule has 2 heterocycles. The highest BCUT2D eigenvalue weighted by atomic mass is 32.1. The van der Waals surface area contributed by atoms with Crippen LogP contribution in [0.2, 0.25) is 0 Å². The Labute approximate surface area is 225 Å². The van der Waals surface area contributed by atoms with Gasteiger partial charge in [-0.15, -0.1) is 11.3 Å². The van der Waals surface area contributed by atoms with E-state index in [-0.39, 0.29) is 32.1 Å². The van der Waals surface area contributed by atoms with Crippen molar-refractivity contribution in [3.8, 4) is 5.75 Å². The Kier molecular flexibility index (Phi) is 9.47. The summed E-state index contributed by atoms with van der Waals surface area (Å²) in [7, 11) is 0. The summed E-state index contributed by atoms with van der Waals surface area (Å²) in [4.78, 5) is 41.4. The van der Waals surface area contributed by atoms with Gasteiger partial charge in [0, 0.05) is 31.1 Å². The lowest BCUT2D eigenvalue weighted by Gasteiger charge is -2.35. The van der Waals surface area contributed by atoms with Crippen molar-refractivity contribution >= 4 is 29.1 Å². The van der Waals surface area contributed by atoms with Crippen LogP contribution >= 0.6 is 11.3 Å². The lowest BCUT2D eigenvalue weighted by molar-refractivity contribution is -0.158. The van der Waals surface area contributed by atoms with Crippen molar-refractivity contribution in [2.45, 2.75) is 31.8 Å². The number of carbonyl (C=O) groups excluding carboxylic acids is 3. The summed E-state index contributed by atoms with van der Waals surface area (Å²) in [6.07, 6.45) is -3.28. The van der Waals surface area contributed by atoms with Gasteiger partial charge in [0.05, 0.1) is 6.54 Å². The van der Waals surface area contributed by atoms with Crippen molar-refractivity contribution in [3.05, 3.63) is 88.1 Å². The third kappa shape index (κ3) is 7.41. The maximum atomic E-state index is 12.7. The van der Waals surface area contributed by atoms with Crippen molar-refractivity contribution in [3.63, 3.8) is 0 Å². The average Bonchev–Trinajstić information content (AvgIpc) is 3.46. The van der Waals surface area contributed by atoms with Crippen LogP contribution in [-0.2, 0) is 34.0 Å². The number of ether oxygens (including phenoxy) is 1. The molecule has 1 aromatic heterocycles. The Morgan fingerprint density at radius 3 is 2.39 bits per heavy atom. The second-order valence-electron chi connectivity index (χ2n) is 9.00. The molecule has 1 aliphatic rings. The summed E-state index contributed by atoms with van der Waals surface area (Å²) in [6, 6.07) is 21.2. The molecule has 0 spiro atoms. The van der Waals surface area contributed by atoms with Crippen LogP contribution in [0.15, 0.2) is 72.1 Å². The van der Waals surface area contributed by atoms with E-state index in [1.807, 2.05) is 72.1 Å². The number of nitrogens with zero attached hydrogens (tertiary/aromatic N) is 2. The van der Waals surface area contributed by atoms with Gasteiger partial charge in [0.15, 0.2) is 12.2 Å². The molecule has 3 aromatic rings. The number of hydrogen-bond acceptors (Lipinski definition) is 7. The molecule has 0 radical (unpaired) electrons. The summed E-state index contributed by atoms with van der Waals surface area (Å²) in [5, 5.41) is 24.9. The maximum absolute atomic E-state index is 12.7. The third-order valence-corrected chi connectivity index (χ3v) is 7.18. The van der Waals surface area contributed by atoms with E-state index in [0.717, 1.165) is 21.8 Å². The number of nitrogens with one attached hydrogen (secondary N) is 1. The fourth-order valence-corrected chi connectivity index (χ4v) is 4.76. The monoisotopic (exact) mass is 537 g/mol. The minimum absolute atomic E-state index is 0.187. The first-order valence-corrected chi connectivity index (χ1v) is 13.3. The number of hydrogen-bond donors (Lipinski definition) is 3. The van der Waals surface area contributed by atoms with E-state index in [9.17, 15) is 24.6 Å². The van der Waals surface area contributed by atoms with E-state index in [4.69, 9.17) is 4.74 Å². The number of benzene rings is 2. The van der Waals surface area contributed by atoms with Crippen LogP contribution in [0.25, 0.3) is 0 Å². The Morgan fingerprint density at radius 2 is 1.71 bits per heavy atom. The van der Waals surface area contributed by atoms with Gasteiger partial charge >= 0.3 is 0 Å². The zero-order chi connectivity index (χ0) is 26.9. The molecule has 38 heavy (non-hydrogen) atoms. The summed E-state index contributed by atoms with van der Waals surface area (Å²) in [6.45, 7) is 1.33. The molecular weight excluding hydrogens is 506 g/mol. The second kappa shape index (κ2) is 13.2. The predicted molar refractivity (Wildman–Crippen MR) is 142 cm³/mol. The molecule has 1 fully saturated rings. The van der Waals surface area contributed by atoms with Crippen LogP contribution in [-0.4, -0.2) is 76.1 Å². The maximum Gasteiger partial charge on any atom is 0.255 e. The van der Waals surface area contributed by atoms with Crippen LogP contribution in [0.3, 0.4) is 0 Å². The van der Waals surface area contributed by atoms with Gasteiger partial charge in [0.25, 0.3) is 11.8 Å². The van der Waals surface area contributed by atoms with Gasteiger partial charge < -0.3 is 30.1 Å². The lowest BCUT2D eigenvalue weighted by atomic mass is 10.1. The Morgan fingerprint density at radius 1 is 0.947 bits per heavy atom. The molecule has 0 saturated carbocycles. The molecule has 3 amide bonds. The van der Waals surface area contributed by atoms with Crippen molar-refractivity contribution in [1.82, 2.24) is 15.1 Å². The van der Waals surface area contributed by atoms with Gasteiger partial charge in [-0.2, -0.15) is 0 Å². The van der Waals surface area contributed by atoms with E-state index < -0.39 is 24.0 Å². The molecule has 0 aliphatic carbocycles. The molecular formula is C28H31N3O6S. The highest BCUT2D eigenvalue weighted by molar-refractivity contribution is 7.09. The molecule has 0 unspecified atom stereocenters. The van der Waals surface area contributed by atoms with Crippen LogP contribution in [0.5, 0.6) is 5.75 Å². The largest absolute Gasteiger partial charge is 0.489 e. The number of rotatable bonds is 11. The molecule has 0 bridgehead atoms. The molecule has 2 aromatic carbocycles. The number of piperazine rings is 1. The number of aliphatic hydroxyl groups excluding tert-OH is 2. The van der Waals surface area contributed by atoms with Crippen molar-refractivity contribution in [2.75, 3.05) is 26.2 Å². The summed E-state index contributed by atoms with van der Waals surface area (Å²) < 4.78 is 5.80. The van der Waals surface area contributed by atoms with Crippen LogP contribution < -0.4 is 10.1 Å². The summed E-state index contributed by atoms with van der Waals surface area (Å²) >= 11 is 1.55. The molecule has 4 rings (SSSR count). The molecule has 2 atom stereocenters. The second-order valence-corrected chi connectivity index (χ2v) is 10.0. The molecule has 9 nitrogen and oxygen atoms in total. The number of amides is 3. The predicted octanol–water partition coefficient (Wildman–Crippen LogP) is 1.58. The fourth-order valence-electron chi connectivity index (χ4n) is 4.05. The molecule has 10 heteroatoms. The minimum Gasteiger partial charge on any atom is -0.489 e. The Balaban J connectivity index is 1.21. The normalized spacial score (nSPS) is 15.2. The SMILES string of the molecule is O=C(NCCc1cccs1)[C@H](O)[C@@H](O)C(=O)N1CCN(Cc2ccc(OCc3ccccc3)cc2)C(=O)C1. The Bertz CT molecular complexity index is 1200. The van der Waals surface area contributed by atoms with Crippen molar-refractivity contribution in [1.29, 1.82) is 0 Å². The first kappa shape index (κ1) is 27.3. The van der Waals surface area contributed by atoms with E-state index in [1.54, 1.807) is 16.2 Å². The van der Waals surface area contributed by atoms with Gasteiger partial charge in [-0.05, 0) is 41.1 Å². The van der Waals surface area contributed by atoms with Gasteiger partial charge in [-0.25, -0.2) is 0 Å². The van der Waals surface area contributed by atoms with E-state index in [1.165, 1.54) is 4.90 Å². The van der Waals surface area contributed by atoms with Crippen molar-refractivity contribution < 1.29 is 29.3 Å². The van der Waals surface area contributed by atoms with Crippen LogP contribution in [0.4, 0.5) is 0 Å². The number of thiophene rings is 1. The Hall–Kier alpha value is -3.73. The molecule has 200 valence electrons. The van der Waals surface area contributed by atoms with Crippen LogP contribution in [0.1, 0.15) is 16.0 Å². The molecule has 1 aliphatic heterocycles. The van der Waals surface area contributed by atoms with Gasteiger partial charge in [0.1, 0.15) is 12.4 Å². The smallest absolute Gasteiger partial charge is 0.255 e.